The fraction of sp³-hybridized carbons (Fsp3) is 0.351. The predicted molar refractivity (Wildman–Crippen MR) is 177 cm³/mol. The first kappa shape index (κ1) is 33.2. The van der Waals surface area contributed by atoms with Crippen molar-refractivity contribution in [2.75, 3.05) is 13.2 Å². The second kappa shape index (κ2) is 16.9. The van der Waals surface area contributed by atoms with Gasteiger partial charge in [-0.05, 0) is 59.9 Å². The molecule has 0 bridgehead atoms. The summed E-state index contributed by atoms with van der Waals surface area (Å²) in [4.78, 5) is 33.8. The summed E-state index contributed by atoms with van der Waals surface area (Å²) in [6.07, 6.45) is 9.76. The van der Waals surface area contributed by atoms with Crippen LogP contribution in [0.2, 0.25) is 0 Å². The molecule has 1 aromatic heterocycles. The Hall–Kier alpha value is -4.72. The van der Waals surface area contributed by atoms with Gasteiger partial charge in [-0.1, -0.05) is 82.9 Å². The van der Waals surface area contributed by atoms with Crippen LogP contribution < -0.4 is 14.8 Å². The van der Waals surface area contributed by atoms with E-state index in [4.69, 9.17) is 9.47 Å². The maximum absolute atomic E-state index is 12.8. The Bertz CT molecular complexity index is 1490. The van der Waals surface area contributed by atoms with Crippen LogP contribution in [0.4, 0.5) is 0 Å². The second-order valence-electron chi connectivity index (χ2n) is 11.6. The zero-order chi connectivity index (χ0) is 32.0. The fourth-order valence-electron chi connectivity index (χ4n) is 4.70. The van der Waals surface area contributed by atoms with Gasteiger partial charge in [0.1, 0.15) is 17.5 Å². The van der Waals surface area contributed by atoms with E-state index >= 15 is 0 Å². The SMILES string of the molecule is CCCCCCCOc1ccc(-c2cnc(-c3ccc(C[C@H](NC(=O)c4ccc(OCC(C)C)cc4)C(=O)O)cc3)nc2)cc1. The number of carbonyl (C=O) groups excluding carboxylic acids is 1. The van der Waals surface area contributed by atoms with E-state index < -0.39 is 17.9 Å². The van der Waals surface area contributed by atoms with Gasteiger partial charge in [-0.15, -0.1) is 0 Å². The number of nitrogens with one attached hydrogen (secondary N) is 1. The molecule has 2 N–H and O–H groups in total. The van der Waals surface area contributed by atoms with Gasteiger partial charge in [0.05, 0.1) is 13.2 Å². The number of aromatic nitrogens is 2. The van der Waals surface area contributed by atoms with Crippen LogP contribution in [0.15, 0.2) is 85.2 Å². The molecular weight excluding hydrogens is 566 g/mol. The second-order valence-corrected chi connectivity index (χ2v) is 11.6. The van der Waals surface area contributed by atoms with Crippen molar-refractivity contribution in [3.05, 3.63) is 96.3 Å². The van der Waals surface area contributed by atoms with E-state index in [0.717, 1.165) is 41.0 Å². The Morgan fingerprint density at radius 1 is 0.756 bits per heavy atom. The lowest BCUT2D eigenvalue weighted by Gasteiger charge is -2.15. The molecule has 0 radical (unpaired) electrons. The third kappa shape index (κ3) is 10.4. The molecule has 3 aromatic carbocycles. The number of carboxylic acids is 1. The lowest BCUT2D eigenvalue weighted by molar-refractivity contribution is -0.139. The molecule has 0 unspecified atom stereocenters. The molecule has 4 aromatic rings. The Balaban J connectivity index is 1.30. The highest BCUT2D eigenvalue weighted by molar-refractivity contribution is 5.96. The van der Waals surface area contributed by atoms with Crippen LogP contribution in [-0.2, 0) is 11.2 Å². The Kier molecular flexibility index (Phi) is 12.5. The van der Waals surface area contributed by atoms with Gasteiger partial charge in [0, 0.05) is 35.5 Å². The summed E-state index contributed by atoms with van der Waals surface area (Å²) in [6, 6.07) is 20.9. The molecule has 0 saturated carbocycles. The number of carboxylic acid groups (broad SMARTS) is 1. The van der Waals surface area contributed by atoms with Crippen LogP contribution >= 0.6 is 0 Å². The molecule has 236 valence electrons. The fourth-order valence-corrected chi connectivity index (χ4v) is 4.70. The predicted octanol–water partition coefficient (Wildman–Crippen LogP) is 7.62. The van der Waals surface area contributed by atoms with E-state index in [1.807, 2.05) is 48.5 Å². The molecule has 1 atom stereocenters. The normalized spacial score (nSPS) is 11.6. The highest BCUT2D eigenvalue weighted by Crippen LogP contribution is 2.24. The van der Waals surface area contributed by atoms with Crippen LogP contribution in [0.1, 0.15) is 68.8 Å². The van der Waals surface area contributed by atoms with E-state index in [-0.39, 0.29) is 6.42 Å². The maximum atomic E-state index is 12.8. The first-order chi connectivity index (χ1) is 21.8. The summed E-state index contributed by atoms with van der Waals surface area (Å²) >= 11 is 0. The van der Waals surface area contributed by atoms with Gasteiger partial charge >= 0.3 is 5.97 Å². The van der Waals surface area contributed by atoms with E-state index in [0.29, 0.717) is 29.7 Å². The van der Waals surface area contributed by atoms with Gasteiger partial charge < -0.3 is 19.9 Å². The number of nitrogens with zero attached hydrogens (tertiary/aromatic N) is 2. The number of unbranched alkanes of at least 4 members (excludes halogenated alkanes) is 4. The number of ether oxygens (including phenoxy) is 2. The standard InChI is InChI=1S/C37H43N3O5/c1-4-5-6-7-8-21-44-32-17-13-28(14-18-32)31-23-38-35(39-24-31)29-11-9-27(10-12-29)22-34(37(42)43)40-36(41)30-15-19-33(20-16-30)45-25-26(2)3/h9-20,23-24,26,34H,4-8,21-22,25H2,1-3H3,(H,40,41)(H,42,43)/t34-/m0/s1. The molecule has 0 aliphatic carbocycles. The Labute approximate surface area is 265 Å². The van der Waals surface area contributed by atoms with Crippen LogP contribution in [0.5, 0.6) is 11.5 Å². The van der Waals surface area contributed by atoms with Crippen LogP contribution in [-0.4, -0.2) is 46.2 Å². The average molecular weight is 610 g/mol. The van der Waals surface area contributed by atoms with Crippen molar-refractivity contribution in [1.82, 2.24) is 15.3 Å². The smallest absolute Gasteiger partial charge is 0.326 e. The molecule has 0 aliphatic heterocycles. The minimum Gasteiger partial charge on any atom is -0.494 e. The number of aliphatic carboxylic acids is 1. The number of hydrogen-bond acceptors (Lipinski definition) is 6. The molecule has 0 saturated heterocycles. The highest BCUT2D eigenvalue weighted by Gasteiger charge is 2.21. The molecule has 4 rings (SSSR count). The van der Waals surface area contributed by atoms with Gasteiger partial charge in [0.15, 0.2) is 5.82 Å². The molecule has 1 amide bonds. The molecule has 0 aliphatic rings. The van der Waals surface area contributed by atoms with Crippen molar-refractivity contribution in [1.29, 1.82) is 0 Å². The molecular formula is C37H43N3O5. The molecule has 45 heavy (non-hydrogen) atoms. The zero-order valence-corrected chi connectivity index (χ0v) is 26.4. The van der Waals surface area contributed by atoms with Crippen molar-refractivity contribution in [2.24, 2.45) is 5.92 Å². The van der Waals surface area contributed by atoms with Gasteiger partial charge in [0.2, 0.25) is 0 Å². The van der Waals surface area contributed by atoms with Gasteiger partial charge in [-0.2, -0.15) is 0 Å². The number of carbonyl (C=O) groups is 2. The van der Waals surface area contributed by atoms with Crippen molar-refractivity contribution >= 4 is 11.9 Å². The number of benzene rings is 3. The monoisotopic (exact) mass is 609 g/mol. The minimum atomic E-state index is -1.11. The first-order valence-corrected chi connectivity index (χ1v) is 15.7. The Morgan fingerprint density at radius 3 is 1.98 bits per heavy atom. The van der Waals surface area contributed by atoms with Crippen molar-refractivity contribution < 1.29 is 24.2 Å². The minimum absolute atomic E-state index is 0.134. The van der Waals surface area contributed by atoms with Gasteiger partial charge in [-0.25, -0.2) is 14.8 Å². The summed E-state index contributed by atoms with van der Waals surface area (Å²) < 4.78 is 11.5. The number of rotatable bonds is 17. The maximum Gasteiger partial charge on any atom is 0.326 e. The van der Waals surface area contributed by atoms with Gasteiger partial charge in [-0.3, -0.25) is 4.79 Å². The summed E-state index contributed by atoms with van der Waals surface area (Å²) in [5.41, 5.74) is 3.85. The molecule has 8 nitrogen and oxygen atoms in total. The molecule has 0 fully saturated rings. The molecule has 0 spiro atoms. The van der Waals surface area contributed by atoms with Crippen molar-refractivity contribution in [2.45, 2.75) is 65.3 Å². The summed E-state index contributed by atoms with van der Waals surface area (Å²) in [7, 11) is 0. The summed E-state index contributed by atoms with van der Waals surface area (Å²) in [6.45, 7) is 7.63. The quantitative estimate of drug-likeness (QED) is 0.119. The van der Waals surface area contributed by atoms with E-state index in [2.05, 4.69) is 36.1 Å². The number of hydrogen-bond donors (Lipinski definition) is 2. The zero-order valence-electron chi connectivity index (χ0n) is 26.4. The molecule has 8 heteroatoms. The van der Waals surface area contributed by atoms with E-state index in [1.54, 1.807) is 36.7 Å². The van der Waals surface area contributed by atoms with E-state index in [1.165, 1.54) is 25.7 Å². The van der Waals surface area contributed by atoms with Crippen LogP contribution in [0, 0.1) is 5.92 Å². The topological polar surface area (TPSA) is 111 Å². The highest BCUT2D eigenvalue weighted by atomic mass is 16.5. The first-order valence-electron chi connectivity index (χ1n) is 15.7. The van der Waals surface area contributed by atoms with E-state index in [9.17, 15) is 14.7 Å². The van der Waals surface area contributed by atoms with Crippen LogP contribution in [0.25, 0.3) is 22.5 Å². The van der Waals surface area contributed by atoms with Gasteiger partial charge in [0.25, 0.3) is 5.91 Å². The lowest BCUT2D eigenvalue weighted by atomic mass is 10.0. The Morgan fingerprint density at radius 2 is 1.36 bits per heavy atom. The van der Waals surface area contributed by atoms with Crippen molar-refractivity contribution in [3.8, 4) is 34.0 Å². The largest absolute Gasteiger partial charge is 0.494 e. The third-order valence-electron chi connectivity index (χ3n) is 7.31. The molecule has 1 heterocycles. The van der Waals surface area contributed by atoms with Crippen LogP contribution in [0.3, 0.4) is 0 Å². The summed E-state index contributed by atoms with van der Waals surface area (Å²) in [5.74, 6) is 0.912. The average Bonchev–Trinajstić information content (AvgIpc) is 3.06. The third-order valence-corrected chi connectivity index (χ3v) is 7.31. The lowest BCUT2D eigenvalue weighted by Crippen LogP contribution is -2.42. The van der Waals surface area contributed by atoms with Crippen molar-refractivity contribution in [3.63, 3.8) is 0 Å². The number of amides is 1. The summed E-state index contributed by atoms with van der Waals surface area (Å²) in [5, 5.41) is 12.4.